The Morgan fingerprint density at radius 3 is 2.94 bits per heavy atom. The molecule has 1 fully saturated rings. The summed E-state index contributed by atoms with van der Waals surface area (Å²) in [5.41, 5.74) is 1.84. The molecule has 0 amide bonds. The van der Waals surface area contributed by atoms with E-state index in [1.807, 2.05) is 13.0 Å². The Hall–Kier alpha value is -1.09. The second-order valence-corrected chi connectivity index (χ2v) is 4.54. The van der Waals surface area contributed by atoms with Gasteiger partial charge in [0.25, 0.3) is 0 Å². The lowest BCUT2D eigenvalue weighted by Gasteiger charge is -2.24. The lowest BCUT2D eigenvalue weighted by Crippen LogP contribution is -2.39. The van der Waals surface area contributed by atoms with Gasteiger partial charge >= 0.3 is 0 Å². The first kappa shape index (κ1) is 11.4. The molecule has 1 aromatic carbocycles. The molecule has 2 rings (SSSR count). The van der Waals surface area contributed by atoms with E-state index >= 15 is 0 Å². The van der Waals surface area contributed by atoms with Crippen molar-refractivity contribution in [3.8, 4) is 0 Å². The quantitative estimate of drug-likeness (QED) is 0.821. The van der Waals surface area contributed by atoms with Crippen LogP contribution in [0.4, 0.5) is 10.1 Å². The molecule has 1 aliphatic rings. The molecule has 0 radical (unpaired) electrons. The van der Waals surface area contributed by atoms with Gasteiger partial charge in [-0.3, -0.25) is 0 Å². The summed E-state index contributed by atoms with van der Waals surface area (Å²) in [6.45, 7) is 3.89. The predicted molar refractivity (Wildman–Crippen MR) is 65.3 cm³/mol. The molecule has 3 heteroatoms. The third-order valence-corrected chi connectivity index (χ3v) is 3.01. The van der Waals surface area contributed by atoms with Crippen LogP contribution in [0.3, 0.4) is 0 Å². The molecule has 1 unspecified atom stereocenters. The zero-order valence-corrected chi connectivity index (χ0v) is 9.72. The van der Waals surface area contributed by atoms with Gasteiger partial charge < -0.3 is 10.6 Å². The van der Waals surface area contributed by atoms with Crippen LogP contribution in [0.5, 0.6) is 0 Å². The maximum absolute atomic E-state index is 13.1. The third-order valence-electron chi connectivity index (χ3n) is 3.01. The zero-order valence-electron chi connectivity index (χ0n) is 9.72. The van der Waals surface area contributed by atoms with Crippen molar-refractivity contribution in [2.75, 3.05) is 18.4 Å². The van der Waals surface area contributed by atoms with Gasteiger partial charge in [0, 0.05) is 18.3 Å². The molecule has 2 nitrogen and oxygen atoms in total. The van der Waals surface area contributed by atoms with Crippen molar-refractivity contribution >= 4 is 5.69 Å². The maximum Gasteiger partial charge on any atom is 0.125 e. The summed E-state index contributed by atoms with van der Waals surface area (Å²) in [5, 5.41) is 6.76. The van der Waals surface area contributed by atoms with Crippen LogP contribution < -0.4 is 10.6 Å². The highest BCUT2D eigenvalue weighted by molar-refractivity contribution is 5.46. The fraction of sp³-hybridized carbons (Fsp3) is 0.538. The lowest BCUT2D eigenvalue weighted by atomic mass is 10.1. The molecule has 1 aliphatic heterocycles. The Morgan fingerprint density at radius 2 is 2.25 bits per heavy atom. The number of halogens is 1. The first-order valence-corrected chi connectivity index (χ1v) is 5.98. The van der Waals surface area contributed by atoms with Crippen LogP contribution in [-0.2, 0) is 0 Å². The average molecular weight is 222 g/mol. The topological polar surface area (TPSA) is 24.1 Å². The summed E-state index contributed by atoms with van der Waals surface area (Å²) in [5.74, 6) is -0.167. The molecule has 0 saturated carbocycles. The fourth-order valence-corrected chi connectivity index (χ4v) is 2.18. The van der Waals surface area contributed by atoms with Crippen molar-refractivity contribution < 1.29 is 4.39 Å². The number of benzene rings is 1. The summed E-state index contributed by atoms with van der Waals surface area (Å²) in [7, 11) is 0. The van der Waals surface area contributed by atoms with Gasteiger partial charge in [0.2, 0.25) is 0 Å². The zero-order chi connectivity index (χ0) is 11.4. The highest BCUT2D eigenvalue weighted by Crippen LogP contribution is 2.14. The molecule has 1 aromatic rings. The minimum absolute atomic E-state index is 0.167. The summed E-state index contributed by atoms with van der Waals surface area (Å²) in [6, 6.07) is 5.60. The number of rotatable bonds is 3. The predicted octanol–water partition coefficient (Wildman–Crippen LogP) is 2.69. The van der Waals surface area contributed by atoms with E-state index < -0.39 is 0 Å². The Bertz CT molecular complexity index is 326. The second-order valence-electron chi connectivity index (χ2n) is 4.54. The molecular weight excluding hydrogens is 203 g/mol. The molecule has 88 valence electrons. The molecule has 1 atom stereocenters. The minimum Gasteiger partial charge on any atom is -0.383 e. The molecular formula is C13H19FN2. The van der Waals surface area contributed by atoms with Crippen molar-refractivity contribution in [2.45, 2.75) is 32.2 Å². The van der Waals surface area contributed by atoms with Crippen LogP contribution in [0, 0.1) is 12.7 Å². The van der Waals surface area contributed by atoms with Gasteiger partial charge in [-0.25, -0.2) is 4.39 Å². The van der Waals surface area contributed by atoms with Crippen LogP contribution >= 0.6 is 0 Å². The van der Waals surface area contributed by atoms with Gasteiger partial charge in [0.1, 0.15) is 5.82 Å². The van der Waals surface area contributed by atoms with Crippen molar-refractivity contribution in [3.05, 3.63) is 29.6 Å². The number of hydrogen-bond donors (Lipinski definition) is 2. The molecule has 1 saturated heterocycles. The monoisotopic (exact) mass is 222 g/mol. The Labute approximate surface area is 96.2 Å². The molecule has 0 spiro atoms. The van der Waals surface area contributed by atoms with E-state index in [1.165, 1.54) is 19.3 Å². The van der Waals surface area contributed by atoms with Crippen LogP contribution in [0.1, 0.15) is 24.8 Å². The van der Waals surface area contributed by atoms with Crippen molar-refractivity contribution in [1.29, 1.82) is 0 Å². The highest BCUT2D eigenvalue weighted by atomic mass is 19.1. The second kappa shape index (κ2) is 5.30. The maximum atomic E-state index is 13.1. The van der Waals surface area contributed by atoms with E-state index in [2.05, 4.69) is 10.6 Å². The molecule has 16 heavy (non-hydrogen) atoms. The van der Waals surface area contributed by atoms with Crippen LogP contribution in [-0.4, -0.2) is 19.1 Å². The summed E-state index contributed by atoms with van der Waals surface area (Å²) in [6.07, 6.45) is 3.78. The number of nitrogens with one attached hydrogen (secondary N) is 2. The Morgan fingerprint density at radius 1 is 1.38 bits per heavy atom. The third kappa shape index (κ3) is 3.20. The molecule has 0 aliphatic carbocycles. The summed E-state index contributed by atoms with van der Waals surface area (Å²) >= 11 is 0. The number of anilines is 1. The minimum atomic E-state index is -0.167. The molecule has 1 heterocycles. The first-order chi connectivity index (χ1) is 7.74. The lowest BCUT2D eigenvalue weighted by molar-refractivity contribution is 0.414. The van der Waals surface area contributed by atoms with E-state index in [0.29, 0.717) is 6.04 Å². The van der Waals surface area contributed by atoms with Gasteiger partial charge in [-0.05, 0) is 50.1 Å². The molecule has 2 N–H and O–H groups in total. The van der Waals surface area contributed by atoms with Gasteiger partial charge in [-0.1, -0.05) is 6.42 Å². The smallest absolute Gasteiger partial charge is 0.125 e. The first-order valence-electron chi connectivity index (χ1n) is 5.98. The van der Waals surface area contributed by atoms with Crippen molar-refractivity contribution in [3.63, 3.8) is 0 Å². The molecule has 0 bridgehead atoms. The van der Waals surface area contributed by atoms with E-state index in [0.717, 1.165) is 24.3 Å². The van der Waals surface area contributed by atoms with Crippen LogP contribution in [0.15, 0.2) is 18.2 Å². The average Bonchev–Trinajstić information content (AvgIpc) is 2.27. The standard InChI is InChI=1S/C13H19FN2/c1-10-6-11(14)8-13(7-10)16-9-12-4-2-3-5-15-12/h6-8,12,15-16H,2-5,9H2,1H3. The largest absolute Gasteiger partial charge is 0.383 e. The van der Waals surface area contributed by atoms with E-state index in [-0.39, 0.29) is 5.82 Å². The summed E-state index contributed by atoms with van der Waals surface area (Å²) in [4.78, 5) is 0. The SMILES string of the molecule is Cc1cc(F)cc(NCC2CCCCN2)c1. The van der Waals surface area contributed by atoms with Crippen LogP contribution in [0.25, 0.3) is 0 Å². The van der Waals surface area contributed by atoms with Gasteiger partial charge in [0.05, 0.1) is 0 Å². The van der Waals surface area contributed by atoms with Crippen molar-refractivity contribution in [1.82, 2.24) is 5.32 Å². The fourth-order valence-electron chi connectivity index (χ4n) is 2.18. The van der Waals surface area contributed by atoms with Crippen LogP contribution in [0.2, 0.25) is 0 Å². The number of aryl methyl sites for hydroxylation is 1. The molecule has 0 aromatic heterocycles. The Kier molecular flexibility index (Phi) is 3.78. The van der Waals surface area contributed by atoms with Gasteiger partial charge in [-0.2, -0.15) is 0 Å². The normalized spacial score (nSPS) is 20.8. The van der Waals surface area contributed by atoms with Gasteiger partial charge in [-0.15, -0.1) is 0 Å². The van der Waals surface area contributed by atoms with Crippen molar-refractivity contribution in [2.24, 2.45) is 0 Å². The summed E-state index contributed by atoms with van der Waals surface area (Å²) < 4.78 is 13.1. The van der Waals surface area contributed by atoms with E-state index in [1.54, 1.807) is 12.1 Å². The van der Waals surface area contributed by atoms with E-state index in [9.17, 15) is 4.39 Å². The number of hydrogen-bond acceptors (Lipinski definition) is 2. The number of piperidine rings is 1. The Balaban J connectivity index is 1.88. The highest BCUT2D eigenvalue weighted by Gasteiger charge is 2.11. The van der Waals surface area contributed by atoms with Gasteiger partial charge in [0.15, 0.2) is 0 Å². The van der Waals surface area contributed by atoms with E-state index in [4.69, 9.17) is 0 Å².